The highest BCUT2D eigenvalue weighted by molar-refractivity contribution is 6.07. The molecule has 0 atom stereocenters. The minimum Gasteiger partial charge on any atom is -0.496 e. The van der Waals surface area contributed by atoms with Crippen molar-refractivity contribution < 1.29 is 19.1 Å². The van der Waals surface area contributed by atoms with Crippen LogP contribution in [-0.2, 0) is 4.74 Å². The highest BCUT2D eigenvalue weighted by Crippen LogP contribution is 2.28. The van der Waals surface area contributed by atoms with Gasteiger partial charge < -0.3 is 25.0 Å². The first-order valence-corrected chi connectivity index (χ1v) is 10.7. The number of anilines is 2. The molecule has 0 radical (unpaired) electrons. The van der Waals surface area contributed by atoms with Crippen LogP contribution in [0.2, 0.25) is 0 Å². The number of para-hydroxylation sites is 1. The average molecular weight is 426 g/mol. The van der Waals surface area contributed by atoms with Crippen molar-refractivity contribution in [2.45, 2.75) is 25.7 Å². The Morgan fingerprint density at radius 1 is 0.968 bits per heavy atom. The van der Waals surface area contributed by atoms with Crippen molar-refractivity contribution in [3.8, 4) is 5.75 Å². The molecule has 0 saturated carbocycles. The van der Waals surface area contributed by atoms with Crippen LogP contribution in [0, 0.1) is 0 Å². The second-order valence-corrected chi connectivity index (χ2v) is 7.54. The van der Waals surface area contributed by atoms with E-state index in [9.17, 15) is 9.59 Å². The van der Waals surface area contributed by atoms with Crippen molar-refractivity contribution in [3.63, 3.8) is 0 Å². The van der Waals surface area contributed by atoms with Crippen molar-refractivity contribution in [3.05, 3.63) is 53.6 Å². The fourth-order valence-electron chi connectivity index (χ4n) is 3.75. The molecule has 1 aliphatic heterocycles. The van der Waals surface area contributed by atoms with Gasteiger partial charge in [0, 0.05) is 44.7 Å². The lowest BCUT2D eigenvalue weighted by atomic mass is 10.1. The molecule has 1 fully saturated rings. The number of carbonyl (C=O) groups is 2. The summed E-state index contributed by atoms with van der Waals surface area (Å²) >= 11 is 0. The third-order valence-corrected chi connectivity index (χ3v) is 5.36. The van der Waals surface area contributed by atoms with E-state index in [2.05, 4.69) is 15.5 Å². The lowest BCUT2D eigenvalue weighted by Gasteiger charge is -2.30. The van der Waals surface area contributed by atoms with Crippen LogP contribution in [-0.4, -0.2) is 52.3 Å². The molecule has 7 nitrogen and oxygen atoms in total. The number of hydrogen-bond donors (Lipinski definition) is 2. The fourth-order valence-corrected chi connectivity index (χ4v) is 3.75. The number of benzene rings is 2. The maximum absolute atomic E-state index is 13.0. The molecule has 2 aromatic carbocycles. The number of nitrogens with one attached hydrogen (secondary N) is 2. The molecule has 2 aromatic rings. The Labute approximate surface area is 183 Å². The third kappa shape index (κ3) is 5.98. The van der Waals surface area contributed by atoms with E-state index >= 15 is 0 Å². The second kappa shape index (κ2) is 11.4. The van der Waals surface area contributed by atoms with Gasteiger partial charge in [-0.05, 0) is 56.0 Å². The molecule has 0 aliphatic carbocycles. The maximum Gasteiger partial charge on any atom is 0.259 e. The third-order valence-electron chi connectivity index (χ3n) is 5.36. The van der Waals surface area contributed by atoms with Crippen molar-refractivity contribution in [1.29, 1.82) is 0 Å². The summed E-state index contributed by atoms with van der Waals surface area (Å²) in [6.45, 7) is 2.98. The van der Waals surface area contributed by atoms with Crippen LogP contribution in [0.15, 0.2) is 42.5 Å². The first-order valence-electron chi connectivity index (χ1n) is 10.7. The molecular weight excluding hydrogens is 394 g/mol. The minimum atomic E-state index is -0.283. The van der Waals surface area contributed by atoms with Gasteiger partial charge in [-0.1, -0.05) is 12.1 Å². The van der Waals surface area contributed by atoms with Crippen LogP contribution >= 0.6 is 0 Å². The summed E-state index contributed by atoms with van der Waals surface area (Å²) in [4.78, 5) is 28.0. The molecule has 2 amide bonds. The second-order valence-electron chi connectivity index (χ2n) is 7.54. The number of methoxy groups -OCH3 is 2. The molecule has 0 unspecified atom stereocenters. The zero-order valence-corrected chi connectivity index (χ0v) is 18.3. The van der Waals surface area contributed by atoms with Crippen LogP contribution in [0.25, 0.3) is 0 Å². The Kier molecular flexibility index (Phi) is 8.29. The summed E-state index contributed by atoms with van der Waals surface area (Å²) in [6.07, 6.45) is 4.18. The molecular formula is C24H31N3O4. The van der Waals surface area contributed by atoms with Gasteiger partial charge in [-0.25, -0.2) is 0 Å². The van der Waals surface area contributed by atoms with Gasteiger partial charge in [0.25, 0.3) is 11.8 Å². The monoisotopic (exact) mass is 425 g/mol. The van der Waals surface area contributed by atoms with Crippen molar-refractivity contribution >= 4 is 23.2 Å². The van der Waals surface area contributed by atoms with E-state index in [1.54, 1.807) is 31.4 Å². The summed E-state index contributed by atoms with van der Waals surface area (Å²) in [7, 11) is 3.18. The van der Waals surface area contributed by atoms with Gasteiger partial charge in [-0.3, -0.25) is 9.59 Å². The number of carbonyl (C=O) groups excluding carboxylic acids is 2. The van der Waals surface area contributed by atoms with Crippen LogP contribution in [0.3, 0.4) is 0 Å². The molecule has 1 aliphatic rings. The van der Waals surface area contributed by atoms with Crippen LogP contribution in [0.5, 0.6) is 5.75 Å². The summed E-state index contributed by atoms with van der Waals surface area (Å²) in [5, 5.41) is 5.86. The lowest BCUT2D eigenvalue weighted by Crippen LogP contribution is -2.33. The predicted molar refractivity (Wildman–Crippen MR) is 122 cm³/mol. The van der Waals surface area contributed by atoms with E-state index in [0.29, 0.717) is 35.7 Å². The van der Waals surface area contributed by atoms with Crippen molar-refractivity contribution in [2.75, 3.05) is 50.7 Å². The molecule has 2 N–H and O–H groups in total. The maximum atomic E-state index is 13.0. The summed E-state index contributed by atoms with van der Waals surface area (Å²) in [5.41, 5.74) is 2.48. The number of rotatable bonds is 9. The van der Waals surface area contributed by atoms with Crippen LogP contribution < -0.4 is 20.3 Å². The van der Waals surface area contributed by atoms with Crippen molar-refractivity contribution in [1.82, 2.24) is 5.32 Å². The Morgan fingerprint density at radius 2 is 1.74 bits per heavy atom. The molecule has 7 heteroatoms. The van der Waals surface area contributed by atoms with Gasteiger partial charge in [0.1, 0.15) is 5.75 Å². The first-order chi connectivity index (χ1) is 15.1. The van der Waals surface area contributed by atoms with E-state index in [1.807, 2.05) is 18.2 Å². The number of ether oxygens (including phenoxy) is 2. The standard InChI is InChI=1S/C24H31N3O4/c1-30-16-8-13-25-23(28)20-17-18(11-12-21(20)27-14-6-3-7-15-27)26-24(29)19-9-4-5-10-22(19)31-2/h4-5,9-12,17H,3,6-8,13-16H2,1-2H3,(H,25,28)(H,26,29). The van der Waals surface area contributed by atoms with E-state index < -0.39 is 0 Å². The Bertz CT molecular complexity index is 894. The van der Waals surface area contributed by atoms with Gasteiger partial charge in [-0.2, -0.15) is 0 Å². The van der Waals surface area contributed by atoms with Crippen LogP contribution in [0.1, 0.15) is 46.4 Å². The topological polar surface area (TPSA) is 79.9 Å². The number of amides is 2. The molecule has 31 heavy (non-hydrogen) atoms. The predicted octanol–water partition coefficient (Wildman–Crippen LogP) is 3.70. The summed E-state index contributed by atoms with van der Waals surface area (Å²) in [5.74, 6) is 0.0701. The normalized spacial score (nSPS) is 13.5. The molecule has 0 aromatic heterocycles. The molecule has 166 valence electrons. The van der Waals surface area contributed by atoms with E-state index in [-0.39, 0.29) is 11.8 Å². The molecule has 3 rings (SSSR count). The summed E-state index contributed by atoms with van der Waals surface area (Å²) < 4.78 is 10.3. The Morgan fingerprint density at radius 3 is 2.48 bits per heavy atom. The SMILES string of the molecule is COCCCNC(=O)c1cc(NC(=O)c2ccccc2OC)ccc1N1CCCCC1. The number of piperidine rings is 1. The Hall–Kier alpha value is -3.06. The van der Waals surface area contributed by atoms with Gasteiger partial charge in [-0.15, -0.1) is 0 Å². The summed E-state index contributed by atoms with van der Waals surface area (Å²) in [6, 6.07) is 12.6. The van der Waals surface area contributed by atoms with E-state index in [4.69, 9.17) is 9.47 Å². The zero-order chi connectivity index (χ0) is 22.1. The quantitative estimate of drug-likeness (QED) is 0.599. The molecule has 0 spiro atoms. The van der Waals surface area contributed by atoms with Gasteiger partial charge in [0.05, 0.1) is 18.2 Å². The van der Waals surface area contributed by atoms with Gasteiger partial charge >= 0.3 is 0 Å². The van der Waals surface area contributed by atoms with E-state index in [0.717, 1.165) is 38.0 Å². The molecule has 0 bridgehead atoms. The smallest absolute Gasteiger partial charge is 0.259 e. The first kappa shape index (κ1) is 22.6. The molecule has 1 heterocycles. The average Bonchev–Trinajstić information content (AvgIpc) is 2.82. The lowest BCUT2D eigenvalue weighted by molar-refractivity contribution is 0.0947. The van der Waals surface area contributed by atoms with Crippen LogP contribution in [0.4, 0.5) is 11.4 Å². The van der Waals surface area contributed by atoms with Gasteiger partial charge in [0.15, 0.2) is 0 Å². The number of nitrogens with zero attached hydrogens (tertiary/aromatic N) is 1. The van der Waals surface area contributed by atoms with Crippen molar-refractivity contribution in [2.24, 2.45) is 0 Å². The highest BCUT2D eigenvalue weighted by atomic mass is 16.5. The Balaban J connectivity index is 1.82. The fraction of sp³-hybridized carbons (Fsp3) is 0.417. The highest BCUT2D eigenvalue weighted by Gasteiger charge is 2.20. The molecule has 1 saturated heterocycles. The zero-order valence-electron chi connectivity index (χ0n) is 18.3. The van der Waals surface area contributed by atoms with Gasteiger partial charge in [0.2, 0.25) is 0 Å². The minimum absolute atomic E-state index is 0.148. The van der Waals surface area contributed by atoms with E-state index in [1.165, 1.54) is 13.5 Å². The number of hydrogen-bond acceptors (Lipinski definition) is 5. The largest absolute Gasteiger partial charge is 0.496 e.